The largest absolute Gasteiger partial charge is 0.468 e. The Labute approximate surface area is 97.9 Å². The standard InChI is InChI=1S/C15H20O/c1-11-5-4-6-12(2)9-15-14(8-7-11)13(3)10-16-15/h6-7,10H,4-5,8-9H2,1-3H3/b11-7-,12-6+. The van der Waals surface area contributed by atoms with E-state index in [1.165, 1.54) is 28.7 Å². The van der Waals surface area contributed by atoms with Crippen LogP contribution in [-0.4, -0.2) is 0 Å². The van der Waals surface area contributed by atoms with Gasteiger partial charge in [-0.15, -0.1) is 0 Å². The summed E-state index contributed by atoms with van der Waals surface area (Å²) in [4.78, 5) is 0. The van der Waals surface area contributed by atoms with Gasteiger partial charge in [0.1, 0.15) is 5.76 Å². The van der Waals surface area contributed by atoms with Crippen molar-refractivity contribution in [3.63, 3.8) is 0 Å². The first-order valence-corrected chi connectivity index (χ1v) is 6.04. The van der Waals surface area contributed by atoms with Gasteiger partial charge in [-0.25, -0.2) is 0 Å². The number of furan rings is 1. The summed E-state index contributed by atoms with van der Waals surface area (Å²) in [5.74, 6) is 1.15. The van der Waals surface area contributed by atoms with E-state index in [9.17, 15) is 0 Å². The minimum Gasteiger partial charge on any atom is -0.468 e. The molecule has 0 N–H and O–H groups in total. The second-order valence-corrected chi connectivity index (χ2v) is 4.84. The topological polar surface area (TPSA) is 13.1 Å². The van der Waals surface area contributed by atoms with Crippen molar-refractivity contribution >= 4 is 0 Å². The van der Waals surface area contributed by atoms with E-state index >= 15 is 0 Å². The summed E-state index contributed by atoms with van der Waals surface area (Å²) >= 11 is 0. The predicted octanol–water partition coefficient (Wildman–Crippen LogP) is 4.36. The maximum absolute atomic E-state index is 5.65. The molecule has 0 amide bonds. The molecule has 0 spiro atoms. The minimum atomic E-state index is 0.968. The Kier molecular flexibility index (Phi) is 3.33. The quantitative estimate of drug-likeness (QED) is 0.587. The van der Waals surface area contributed by atoms with Gasteiger partial charge in [-0.2, -0.15) is 0 Å². The Bertz CT molecular complexity index is 432. The first-order valence-electron chi connectivity index (χ1n) is 6.04. The zero-order valence-corrected chi connectivity index (χ0v) is 10.5. The van der Waals surface area contributed by atoms with E-state index in [1.54, 1.807) is 0 Å². The summed E-state index contributed by atoms with van der Waals surface area (Å²) in [6.07, 6.45) is 10.9. The van der Waals surface area contributed by atoms with Gasteiger partial charge in [0.25, 0.3) is 0 Å². The maximum atomic E-state index is 5.65. The van der Waals surface area contributed by atoms with E-state index in [1.807, 2.05) is 6.26 Å². The molecule has 0 atom stereocenters. The second-order valence-electron chi connectivity index (χ2n) is 4.84. The average molecular weight is 216 g/mol. The Morgan fingerprint density at radius 1 is 1.06 bits per heavy atom. The Morgan fingerprint density at radius 3 is 2.69 bits per heavy atom. The third-order valence-corrected chi connectivity index (χ3v) is 3.32. The predicted molar refractivity (Wildman–Crippen MR) is 67.6 cm³/mol. The molecule has 1 heteroatoms. The zero-order valence-electron chi connectivity index (χ0n) is 10.5. The SMILES string of the molecule is C/C1=C/Cc2c(C)coc2C/C(C)=C/CC1. The normalized spacial score (nSPS) is 23.9. The molecule has 86 valence electrons. The van der Waals surface area contributed by atoms with E-state index in [0.29, 0.717) is 0 Å². The summed E-state index contributed by atoms with van der Waals surface area (Å²) in [6.45, 7) is 6.55. The van der Waals surface area contributed by atoms with Crippen molar-refractivity contribution < 1.29 is 4.42 Å². The van der Waals surface area contributed by atoms with Gasteiger partial charge in [0, 0.05) is 12.0 Å². The summed E-state index contributed by atoms with van der Waals surface area (Å²) < 4.78 is 5.65. The van der Waals surface area contributed by atoms with Crippen molar-refractivity contribution in [1.82, 2.24) is 0 Å². The number of aryl methyl sites for hydroxylation is 1. The highest BCUT2D eigenvalue weighted by molar-refractivity contribution is 5.32. The van der Waals surface area contributed by atoms with Crippen molar-refractivity contribution in [1.29, 1.82) is 0 Å². The molecule has 1 heterocycles. The Morgan fingerprint density at radius 2 is 1.88 bits per heavy atom. The van der Waals surface area contributed by atoms with E-state index in [-0.39, 0.29) is 0 Å². The monoisotopic (exact) mass is 216 g/mol. The molecule has 1 nitrogen and oxygen atoms in total. The summed E-state index contributed by atoms with van der Waals surface area (Å²) in [6, 6.07) is 0. The summed E-state index contributed by atoms with van der Waals surface area (Å²) in [5, 5.41) is 0. The van der Waals surface area contributed by atoms with E-state index in [0.717, 1.165) is 25.0 Å². The van der Waals surface area contributed by atoms with Crippen LogP contribution < -0.4 is 0 Å². The lowest BCUT2D eigenvalue weighted by Gasteiger charge is -2.07. The van der Waals surface area contributed by atoms with E-state index < -0.39 is 0 Å². The fraction of sp³-hybridized carbons (Fsp3) is 0.467. The van der Waals surface area contributed by atoms with Crippen molar-refractivity contribution in [2.45, 2.75) is 46.5 Å². The molecule has 1 aromatic rings. The third kappa shape index (κ3) is 2.46. The van der Waals surface area contributed by atoms with Crippen LogP contribution in [0.4, 0.5) is 0 Å². The van der Waals surface area contributed by atoms with Crippen LogP contribution in [0.25, 0.3) is 0 Å². The highest BCUT2D eigenvalue weighted by atomic mass is 16.3. The van der Waals surface area contributed by atoms with Crippen LogP contribution in [0.2, 0.25) is 0 Å². The van der Waals surface area contributed by atoms with Crippen LogP contribution in [0.3, 0.4) is 0 Å². The molecule has 16 heavy (non-hydrogen) atoms. The molecule has 2 rings (SSSR count). The first kappa shape index (κ1) is 11.3. The van der Waals surface area contributed by atoms with Gasteiger partial charge >= 0.3 is 0 Å². The number of rotatable bonds is 0. The fourth-order valence-corrected chi connectivity index (χ4v) is 2.19. The highest BCUT2D eigenvalue weighted by Gasteiger charge is 2.11. The number of allylic oxidation sites excluding steroid dienone is 4. The van der Waals surface area contributed by atoms with Gasteiger partial charge in [-0.05, 0) is 45.6 Å². The smallest absolute Gasteiger partial charge is 0.111 e. The minimum absolute atomic E-state index is 0.968. The Hall–Kier alpha value is -1.24. The van der Waals surface area contributed by atoms with Crippen molar-refractivity contribution in [3.05, 3.63) is 46.4 Å². The fourth-order valence-electron chi connectivity index (χ4n) is 2.19. The Balaban J connectivity index is 2.36. The molecule has 1 aliphatic carbocycles. The van der Waals surface area contributed by atoms with Gasteiger partial charge in [0.2, 0.25) is 0 Å². The van der Waals surface area contributed by atoms with Crippen molar-refractivity contribution in [2.75, 3.05) is 0 Å². The van der Waals surface area contributed by atoms with Crippen LogP contribution in [0, 0.1) is 6.92 Å². The van der Waals surface area contributed by atoms with Gasteiger partial charge in [0.05, 0.1) is 6.26 Å². The summed E-state index contributed by atoms with van der Waals surface area (Å²) in [5.41, 5.74) is 5.57. The molecule has 0 bridgehead atoms. The molecule has 0 fully saturated rings. The number of hydrogen-bond acceptors (Lipinski definition) is 1. The molecular weight excluding hydrogens is 196 g/mol. The molecule has 0 saturated carbocycles. The van der Waals surface area contributed by atoms with Crippen molar-refractivity contribution in [3.8, 4) is 0 Å². The molecule has 0 aromatic carbocycles. The second kappa shape index (κ2) is 4.73. The molecule has 0 unspecified atom stereocenters. The van der Waals surface area contributed by atoms with Crippen LogP contribution in [0.15, 0.2) is 34.0 Å². The lowest BCUT2D eigenvalue weighted by Crippen LogP contribution is -1.95. The third-order valence-electron chi connectivity index (χ3n) is 3.32. The number of hydrogen-bond donors (Lipinski definition) is 0. The first-order chi connectivity index (χ1) is 7.66. The lowest BCUT2D eigenvalue weighted by atomic mass is 9.98. The highest BCUT2D eigenvalue weighted by Crippen LogP contribution is 2.23. The number of fused-ring (bicyclic) bond motifs is 1. The van der Waals surface area contributed by atoms with Crippen LogP contribution in [-0.2, 0) is 12.8 Å². The van der Waals surface area contributed by atoms with Gasteiger partial charge < -0.3 is 4.42 Å². The van der Waals surface area contributed by atoms with Gasteiger partial charge in [-0.1, -0.05) is 23.3 Å². The van der Waals surface area contributed by atoms with Crippen molar-refractivity contribution in [2.24, 2.45) is 0 Å². The van der Waals surface area contributed by atoms with Gasteiger partial charge in [0.15, 0.2) is 0 Å². The van der Waals surface area contributed by atoms with Crippen LogP contribution >= 0.6 is 0 Å². The molecule has 1 aliphatic rings. The molecule has 0 radical (unpaired) electrons. The average Bonchev–Trinajstić information content (AvgIpc) is 2.57. The van der Waals surface area contributed by atoms with Crippen LogP contribution in [0.5, 0.6) is 0 Å². The lowest BCUT2D eigenvalue weighted by molar-refractivity contribution is 0.514. The summed E-state index contributed by atoms with van der Waals surface area (Å²) in [7, 11) is 0. The molecule has 1 aromatic heterocycles. The van der Waals surface area contributed by atoms with Crippen LogP contribution in [0.1, 0.15) is 43.6 Å². The zero-order chi connectivity index (χ0) is 11.5. The molecule has 0 aliphatic heterocycles. The van der Waals surface area contributed by atoms with E-state index in [4.69, 9.17) is 4.42 Å². The maximum Gasteiger partial charge on any atom is 0.111 e. The van der Waals surface area contributed by atoms with E-state index in [2.05, 4.69) is 32.9 Å². The molecule has 0 saturated heterocycles. The van der Waals surface area contributed by atoms with Gasteiger partial charge in [-0.3, -0.25) is 0 Å². The molecular formula is C15H20O.